The predicted molar refractivity (Wildman–Crippen MR) is 246 cm³/mol. The molecule has 10 rings (SSSR count). The van der Waals surface area contributed by atoms with Crippen LogP contribution in [-0.2, 0) is 19.7 Å². The maximum Gasteiger partial charge on any atom is 0.175 e. The van der Waals surface area contributed by atoms with Gasteiger partial charge in [-0.2, -0.15) is 10.2 Å². The van der Waals surface area contributed by atoms with Gasteiger partial charge in [-0.25, -0.2) is 26.8 Å². The van der Waals surface area contributed by atoms with Gasteiger partial charge in [0, 0.05) is 106 Å². The summed E-state index contributed by atoms with van der Waals surface area (Å²) < 4.78 is 51.2. The third kappa shape index (κ3) is 9.11. The summed E-state index contributed by atoms with van der Waals surface area (Å²) in [5.41, 5.74) is 4.26. The van der Waals surface area contributed by atoms with E-state index in [2.05, 4.69) is 51.5 Å². The fourth-order valence-electron chi connectivity index (χ4n) is 9.41. The second-order valence-corrected chi connectivity index (χ2v) is 21.1. The van der Waals surface area contributed by atoms with Crippen molar-refractivity contribution in [3.8, 4) is 0 Å². The zero-order valence-electron chi connectivity index (χ0n) is 35.7. The molecule has 4 fully saturated rings. The van der Waals surface area contributed by atoms with Crippen molar-refractivity contribution < 1.29 is 16.8 Å². The van der Waals surface area contributed by atoms with Crippen molar-refractivity contribution in [3.05, 3.63) is 85.5 Å². The largest absolute Gasteiger partial charge is 0.368 e. The Labute approximate surface area is 364 Å². The number of hydrogen-bond donors (Lipinski definition) is 1. The van der Waals surface area contributed by atoms with Crippen LogP contribution in [0.25, 0.3) is 21.8 Å². The number of piperidine rings is 1. The Balaban J connectivity index is 0.000000158. The maximum absolute atomic E-state index is 11.7. The topological polar surface area (TPSA) is 155 Å². The molecule has 4 aromatic heterocycles. The quantitative estimate of drug-likeness (QED) is 0.198. The van der Waals surface area contributed by atoms with E-state index in [9.17, 15) is 16.8 Å². The van der Waals surface area contributed by atoms with Crippen molar-refractivity contribution in [2.75, 3.05) is 97.6 Å². The normalized spacial score (nSPS) is 18.6. The van der Waals surface area contributed by atoms with Crippen molar-refractivity contribution in [1.82, 2.24) is 34.8 Å². The predicted octanol–water partition coefficient (Wildman–Crippen LogP) is 5.75. The molecule has 0 spiro atoms. The number of nitrogens with zero attached hydrogens (tertiary/aromatic N) is 10. The molecule has 1 N–H and O–H groups in total. The number of piperazine rings is 2. The minimum Gasteiger partial charge on any atom is -0.368 e. The summed E-state index contributed by atoms with van der Waals surface area (Å²) in [5.74, 6) is 1.99. The van der Waals surface area contributed by atoms with Gasteiger partial charge in [-0.1, -0.05) is 19.3 Å². The summed E-state index contributed by atoms with van der Waals surface area (Å²) >= 11 is 0. The number of nitrogens with one attached hydrogen (secondary N) is 1. The monoisotopic (exact) mass is 879 g/mol. The van der Waals surface area contributed by atoms with Gasteiger partial charge in [0.25, 0.3) is 0 Å². The first kappa shape index (κ1) is 42.1. The standard InChI is InChI=1S/C23H29N5O2S.C22H28N6O2S/c1-31(29,30)21-9-7-19(8-10-21)26-13-15-27(16-14-26)23-22-18(11-12-24-23)17-25-28(22)20-5-3-2-4-6-20;1-31(29,30)20-4-2-18(3-5-20)26-12-14-27(15-13-26)22-21-17(6-11-24-22)16-28(25-21)19-7-9-23-10-8-19/h7-12,17,20H,2-6,13-16H2,1H3;2-6,11,16,19,23H,7-10,12-15H2,1H3. The lowest BCUT2D eigenvalue weighted by atomic mass is 9.95. The van der Waals surface area contributed by atoms with Gasteiger partial charge in [-0.15, -0.1) is 0 Å². The van der Waals surface area contributed by atoms with Gasteiger partial charge in [-0.05, 0) is 99.4 Å². The molecule has 0 radical (unpaired) electrons. The first-order valence-corrected chi connectivity index (χ1v) is 25.7. The second-order valence-electron chi connectivity index (χ2n) is 17.1. The van der Waals surface area contributed by atoms with Crippen molar-refractivity contribution in [2.45, 2.75) is 66.8 Å². The molecule has 328 valence electrons. The molecule has 17 heteroatoms. The molecule has 1 saturated carbocycles. The number of fused-ring (bicyclic) bond motifs is 2. The van der Waals surface area contributed by atoms with E-state index < -0.39 is 19.7 Å². The SMILES string of the molecule is CS(=O)(=O)c1ccc(N2CCN(c3nccc4cn(C5CCNCC5)nc34)CC2)cc1.CS(=O)(=O)c1ccc(N2CCN(c3nccc4cnn(C5CCCCC5)c34)CC2)cc1. The van der Waals surface area contributed by atoms with Gasteiger partial charge >= 0.3 is 0 Å². The number of pyridine rings is 2. The summed E-state index contributed by atoms with van der Waals surface area (Å²) in [6.45, 7) is 8.96. The lowest BCUT2D eigenvalue weighted by Gasteiger charge is -2.37. The highest BCUT2D eigenvalue weighted by Gasteiger charge is 2.26. The second kappa shape index (κ2) is 17.8. The Kier molecular flexibility index (Phi) is 12.1. The maximum atomic E-state index is 11.7. The van der Waals surface area contributed by atoms with Crippen LogP contribution < -0.4 is 24.9 Å². The Morgan fingerprint density at radius 1 is 0.565 bits per heavy atom. The van der Waals surface area contributed by atoms with Gasteiger partial charge in [0.1, 0.15) is 11.0 Å². The zero-order valence-corrected chi connectivity index (χ0v) is 37.3. The molecular weight excluding hydrogens is 823 g/mol. The molecule has 0 bridgehead atoms. The lowest BCUT2D eigenvalue weighted by Crippen LogP contribution is -2.47. The van der Waals surface area contributed by atoms with E-state index in [1.807, 2.05) is 48.9 Å². The third-order valence-electron chi connectivity index (χ3n) is 12.9. The minimum atomic E-state index is -3.17. The summed E-state index contributed by atoms with van der Waals surface area (Å²) in [4.78, 5) is 19.4. The fraction of sp³-hybridized carbons (Fsp3) is 0.467. The summed E-state index contributed by atoms with van der Waals surface area (Å²) in [5, 5.41) is 15.4. The van der Waals surface area contributed by atoms with Crippen molar-refractivity contribution >= 4 is 64.5 Å². The number of benzene rings is 2. The molecule has 2 aromatic carbocycles. The number of rotatable bonds is 8. The van der Waals surface area contributed by atoms with Gasteiger partial charge < -0.3 is 24.9 Å². The van der Waals surface area contributed by atoms with E-state index in [0.29, 0.717) is 21.9 Å². The Morgan fingerprint density at radius 2 is 1.06 bits per heavy atom. The van der Waals surface area contributed by atoms with Crippen LogP contribution in [0.3, 0.4) is 0 Å². The van der Waals surface area contributed by atoms with E-state index in [-0.39, 0.29) is 0 Å². The highest BCUT2D eigenvalue weighted by molar-refractivity contribution is 7.91. The van der Waals surface area contributed by atoms with Crippen LogP contribution in [0.15, 0.2) is 95.2 Å². The molecule has 6 aromatic rings. The number of sulfone groups is 2. The highest BCUT2D eigenvalue weighted by atomic mass is 32.2. The smallest absolute Gasteiger partial charge is 0.175 e. The molecule has 0 atom stereocenters. The molecule has 15 nitrogen and oxygen atoms in total. The zero-order chi connectivity index (χ0) is 42.8. The lowest BCUT2D eigenvalue weighted by molar-refractivity contribution is 0.337. The average molecular weight is 880 g/mol. The van der Waals surface area contributed by atoms with E-state index in [4.69, 9.17) is 15.2 Å². The van der Waals surface area contributed by atoms with Gasteiger partial charge in [0.2, 0.25) is 0 Å². The molecule has 3 aliphatic heterocycles. The number of hydrogen-bond acceptors (Lipinski definition) is 13. The van der Waals surface area contributed by atoms with Crippen LogP contribution in [0.4, 0.5) is 23.0 Å². The first-order valence-electron chi connectivity index (χ1n) is 22.0. The van der Waals surface area contributed by atoms with Crippen LogP contribution >= 0.6 is 0 Å². The number of aromatic nitrogens is 6. The van der Waals surface area contributed by atoms with E-state index in [1.165, 1.54) is 50.1 Å². The summed E-state index contributed by atoms with van der Waals surface area (Å²) in [6.07, 6.45) is 18.9. The minimum absolute atomic E-state index is 0.357. The highest BCUT2D eigenvalue weighted by Crippen LogP contribution is 2.34. The van der Waals surface area contributed by atoms with Crippen LogP contribution in [0.2, 0.25) is 0 Å². The number of anilines is 4. The van der Waals surface area contributed by atoms with E-state index in [1.54, 1.807) is 24.3 Å². The van der Waals surface area contributed by atoms with Gasteiger partial charge in [0.05, 0.1) is 28.1 Å². The summed E-state index contributed by atoms with van der Waals surface area (Å²) in [7, 11) is -6.34. The van der Waals surface area contributed by atoms with Crippen molar-refractivity contribution in [2.24, 2.45) is 0 Å². The van der Waals surface area contributed by atoms with Crippen molar-refractivity contribution in [3.63, 3.8) is 0 Å². The van der Waals surface area contributed by atoms with Crippen LogP contribution in [0, 0.1) is 0 Å². The first-order chi connectivity index (χ1) is 30.0. The van der Waals surface area contributed by atoms with Crippen LogP contribution in [0.1, 0.15) is 57.0 Å². The molecule has 62 heavy (non-hydrogen) atoms. The van der Waals surface area contributed by atoms with E-state index >= 15 is 0 Å². The van der Waals surface area contributed by atoms with Gasteiger partial charge in [0.15, 0.2) is 31.3 Å². The van der Waals surface area contributed by atoms with Crippen molar-refractivity contribution in [1.29, 1.82) is 0 Å². The molecular formula is C45H57N11O4S2. The molecule has 3 saturated heterocycles. The third-order valence-corrected chi connectivity index (χ3v) is 15.2. The van der Waals surface area contributed by atoms with Crippen LogP contribution in [-0.4, -0.2) is 124 Å². The fourth-order valence-corrected chi connectivity index (χ4v) is 10.7. The van der Waals surface area contributed by atoms with Gasteiger partial charge in [-0.3, -0.25) is 9.36 Å². The molecule has 4 aliphatic rings. The Morgan fingerprint density at radius 3 is 1.61 bits per heavy atom. The molecule has 1 aliphatic carbocycles. The Hall–Kier alpha value is -5.26. The molecule has 0 unspecified atom stereocenters. The van der Waals surface area contributed by atoms with E-state index in [0.717, 1.165) is 118 Å². The molecule has 7 heterocycles. The van der Waals surface area contributed by atoms with Crippen LogP contribution in [0.5, 0.6) is 0 Å². The average Bonchev–Trinajstić information content (AvgIpc) is 3.95. The summed E-state index contributed by atoms with van der Waals surface area (Å²) in [6, 6.07) is 19.4. The Bertz CT molecular complexity index is 2690. The molecule has 0 amide bonds.